The van der Waals surface area contributed by atoms with Crippen molar-refractivity contribution in [1.82, 2.24) is 0 Å². The van der Waals surface area contributed by atoms with Crippen LogP contribution in [-0.4, -0.2) is 0 Å². The fraction of sp³-hybridized carbons (Fsp3) is 0.320. The number of unbranched alkanes of at least 4 members (excludes halogenated alkanes) is 1. The zero-order valence-corrected chi connectivity index (χ0v) is 17.5. The Morgan fingerprint density at radius 1 is 0.966 bits per heavy atom. The smallest absolute Gasteiger partial charge is 0.255 e. The first-order chi connectivity index (χ1) is 13.8. The summed E-state index contributed by atoms with van der Waals surface area (Å²) in [6, 6.07) is 11.4. The Morgan fingerprint density at radius 2 is 1.69 bits per heavy atom. The summed E-state index contributed by atoms with van der Waals surface area (Å²) in [5.74, 6) is 0. The van der Waals surface area contributed by atoms with Gasteiger partial charge in [0.25, 0.3) is 0 Å². The molecule has 1 nitrogen and oxygen atoms in total. The first kappa shape index (κ1) is 22.7. The van der Waals surface area contributed by atoms with E-state index < -0.39 is 11.7 Å². The van der Waals surface area contributed by atoms with Crippen molar-refractivity contribution in [2.24, 2.45) is 4.99 Å². The Balaban J connectivity index is 0.000000687. The second kappa shape index (κ2) is 10.2. The van der Waals surface area contributed by atoms with Crippen LogP contribution in [0.3, 0.4) is 0 Å². The molecule has 0 amide bonds. The summed E-state index contributed by atoms with van der Waals surface area (Å²) in [7, 11) is 0. The van der Waals surface area contributed by atoms with Crippen molar-refractivity contribution in [2.75, 3.05) is 0 Å². The number of rotatable bonds is 5. The summed E-state index contributed by atoms with van der Waals surface area (Å²) in [5, 5.41) is 2.00. The van der Waals surface area contributed by atoms with Gasteiger partial charge in [0.05, 0.1) is 10.9 Å². The van der Waals surface area contributed by atoms with Crippen LogP contribution < -0.4 is 10.6 Å². The number of allylic oxidation sites excluding steroid dienone is 4. The topological polar surface area (TPSA) is 12.4 Å². The SMILES string of the molecule is CC/C=C\C(=C(/C)c1cccc(C(F)(F)F)c1)c1ccc2c(c1)=CN=2.CCCC. The third kappa shape index (κ3) is 5.93. The molecule has 1 aliphatic heterocycles. The lowest BCUT2D eigenvalue weighted by Gasteiger charge is -2.13. The molecular weight excluding hydrogens is 371 g/mol. The Hall–Kier alpha value is -2.62. The van der Waals surface area contributed by atoms with E-state index in [2.05, 4.69) is 18.8 Å². The number of alkyl halides is 3. The van der Waals surface area contributed by atoms with Gasteiger partial charge in [-0.1, -0.05) is 64.0 Å². The van der Waals surface area contributed by atoms with Gasteiger partial charge in [-0.2, -0.15) is 13.2 Å². The van der Waals surface area contributed by atoms with Crippen LogP contribution in [0.25, 0.3) is 17.3 Å². The molecule has 0 aliphatic carbocycles. The van der Waals surface area contributed by atoms with E-state index in [0.29, 0.717) is 5.56 Å². The van der Waals surface area contributed by atoms with E-state index >= 15 is 0 Å². The molecule has 29 heavy (non-hydrogen) atoms. The lowest BCUT2D eigenvalue weighted by atomic mass is 9.93. The molecule has 0 atom stereocenters. The van der Waals surface area contributed by atoms with E-state index in [4.69, 9.17) is 0 Å². The monoisotopic (exact) mass is 399 g/mol. The van der Waals surface area contributed by atoms with E-state index in [0.717, 1.165) is 39.8 Å². The van der Waals surface area contributed by atoms with Gasteiger partial charge in [-0.15, -0.1) is 0 Å². The minimum absolute atomic E-state index is 0.571. The number of fused-ring (bicyclic) bond motifs is 1. The fourth-order valence-corrected chi connectivity index (χ4v) is 2.77. The molecule has 0 fully saturated rings. The Morgan fingerprint density at radius 3 is 2.21 bits per heavy atom. The number of hydrogen-bond acceptors (Lipinski definition) is 1. The predicted molar refractivity (Wildman–Crippen MR) is 116 cm³/mol. The summed E-state index contributed by atoms with van der Waals surface area (Å²) >= 11 is 0. The summed E-state index contributed by atoms with van der Waals surface area (Å²) in [5.41, 5.74) is 2.65. The van der Waals surface area contributed by atoms with Crippen molar-refractivity contribution in [2.45, 2.75) is 53.1 Å². The lowest BCUT2D eigenvalue weighted by Crippen LogP contribution is -2.30. The number of nitrogens with zero attached hydrogens (tertiary/aromatic N) is 1. The molecule has 1 heterocycles. The van der Waals surface area contributed by atoms with Crippen LogP contribution in [0.1, 0.15) is 63.6 Å². The van der Waals surface area contributed by atoms with Crippen LogP contribution in [-0.2, 0) is 6.18 Å². The van der Waals surface area contributed by atoms with Crippen LogP contribution in [0.4, 0.5) is 13.2 Å². The molecule has 4 heteroatoms. The lowest BCUT2D eigenvalue weighted by molar-refractivity contribution is -0.137. The Labute approximate surface area is 171 Å². The normalized spacial score (nSPS) is 13.3. The van der Waals surface area contributed by atoms with Gasteiger partial charge in [-0.3, -0.25) is 4.99 Å². The van der Waals surface area contributed by atoms with Crippen molar-refractivity contribution in [1.29, 1.82) is 0 Å². The third-order valence-electron chi connectivity index (χ3n) is 4.73. The van der Waals surface area contributed by atoms with Crippen LogP contribution >= 0.6 is 0 Å². The molecule has 0 saturated heterocycles. The molecule has 0 bridgehead atoms. The predicted octanol–water partition coefficient (Wildman–Crippen LogP) is 6.78. The summed E-state index contributed by atoms with van der Waals surface area (Å²) < 4.78 is 39.1. The standard InChI is InChI=1S/C21H18F3N.C4H10/c1-3-4-8-19(16-9-10-20-17(11-16)13-25-20)14(2)15-6-5-7-18(12-15)21(22,23)24;1-3-4-2/h4-13H,3H2,1-2H3;3-4H2,1-2H3/b8-4-,19-14-;. The van der Waals surface area contributed by atoms with Gasteiger partial charge >= 0.3 is 6.18 Å². The molecule has 0 radical (unpaired) electrons. The second-order valence-electron chi connectivity index (χ2n) is 6.96. The fourth-order valence-electron chi connectivity index (χ4n) is 2.77. The third-order valence-corrected chi connectivity index (χ3v) is 4.73. The van der Waals surface area contributed by atoms with Crippen molar-refractivity contribution in [3.8, 4) is 0 Å². The van der Waals surface area contributed by atoms with E-state index in [1.54, 1.807) is 12.3 Å². The van der Waals surface area contributed by atoms with Crippen LogP contribution in [0.2, 0.25) is 0 Å². The largest absolute Gasteiger partial charge is 0.416 e. The molecule has 2 aromatic carbocycles. The maximum atomic E-state index is 13.0. The van der Waals surface area contributed by atoms with Gasteiger partial charge in [0.15, 0.2) is 0 Å². The van der Waals surface area contributed by atoms with Gasteiger partial charge in [-0.05, 0) is 59.9 Å². The minimum Gasteiger partial charge on any atom is -0.255 e. The average molecular weight is 400 g/mol. The highest BCUT2D eigenvalue weighted by Gasteiger charge is 2.30. The van der Waals surface area contributed by atoms with Gasteiger partial charge in [0.1, 0.15) is 0 Å². The summed E-state index contributed by atoms with van der Waals surface area (Å²) in [6.45, 7) is 8.25. The van der Waals surface area contributed by atoms with Crippen molar-refractivity contribution >= 4 is 17.3 Å². The average Bonchev–Trinajstić information content (AvgIpc) is 2.69. The number of halogens is 3. The molecule has 1 aliphatic rings. The molecule has 2 aromatic rings. The molecule has 0 saturated carbocycles. The first-order valence-corrected chi connectivity index (χ1v) is 10.0. The van der Waals surface area contributed by atoms with Gasteiger partial charge in [0.2, 0.25) is 0 Å². The number of hydrogen-bond donors (Lipinski definition) is 0. The van der Waals surface area contributed by atoms with Crippen molar-refractivity contribution in [3.63, 3.8) is 0 Å². The quantitative estimate of drug-likeness (QED) is 0.388. The highest BCUT2D eigenvalue weighted by Crippen LogP contribution is 2.33. The maximum Gasteiger partial charge on any atom is 0.416 e. The van der Waals surface area contributed by atoms with Crippen LogP contribution in [0.5, 0.6) is 0 Å². The summed E-state index contributed by atoms with van der Waals surface area (Å²) in [4.78, 5) is 4.15. The van der Waals surface area contributed by atoms with Gasteiger partial charge in [-0.25, -0.2) is 0 Å². The Bertz CT molecular complexity index is 1010. The van der Waals surface area contributed by atoms with E-state index in [1.165, 1.54) is 25.0 Å². The molecule has 0 unspecified atom stereocenters. The molecule has 154 valence electrons. The highest BCUT2D eigenvalue weighted by molar-refractivity contribution is 5.94. The summed E-state index contributed by atoms with van der Waals surface area (Å²) in [6.07, 6.45) is 4.93. The van der Waals surface area contributed by atoms with E-state index in [9.17, 15) is 13.2 Å². The van der Waals surface area contributed by atoms with Crippen LogP contribution in [0, 0.1) is 0 Å². The van der Waals surface area contributed by atoms with Crippen molar-refractivity contribution in [3.05, 3.63) is 81.9 Å². The van der Waals surface area contributed by atoms with Gasteiger partial charge < -0.3 is 0 Å². The second-order valence-corrected chi connectivity index (χ2v) is 6.96. The minimum atomic E-state index is -4.35. The first-order valence-electron chi connectivity index (χ1n) is 10.0. The van der Waals surface area contributed by atoms with E-state index in [-0.39, 0.29) is 0 Å². The zero-order chi connectivity index (χ0) is 21.4. The van der Waals surface area contributed by atoms with Gasteiger partial charge in [0, 0.05) is 11.4 Å². The zero-order valence-electron chi connectivity index (χ0n) is 17.5. The molecule has 0 aromatic heterocycles. The highest BCUT2D eigenvalue weighted by atomic mass is 19.4. The number of benzene rings is 2. The molecular formula is C25H28F3N. The van der Waals surface area contributed by atoms with Crippen LogP contribution in [0.15, 0.2) is 59.6 Å². The molecule has 3 rings (SSSR count). The van der Waals surface area contributed by atoms with E-state index in [1.807, 2.05) is 44.2 Å². The molecule has 0 N–H and O–H groups in total. The van der Waals surface area contributed by atoms with Crippen molar-refractivity contribution < 1.29 is 13.2 Å². The maximum absolute atomic E-state index is 13.0. The Kier molecular flexibility index (Phi) is 8.00. The molecule has 0 spiro atoms.